The van der Waals surface area contributed by atoms with Gasteiger partial charge in [-0.05, 0) is 103 Å². The third-order valence-corrected chi connectivity index (χ3v) is 12.8. The summed E-state index contributed by atoms with van der Waals surface area (Å²) in [5.74, 6) is -0.893. The molecule has 0 amide bonds. The third-order valence-electron chi connectivity index (χ3n) is 12.8. The van der Waals surface area contributed by atoms with Crippen molar-refractivity contribution in [3.05, 3.63) is 36.5 Å². The Kier molecular flexibility index (Phi) is 68.0. The molecule has 0 rings (SSSR count). The molecule has 0 heterocycles. The summed E-state index contributed by atoms with van der Waals surface area (Å²) in [7, 11) is 0. The highest BCUT2D eigenvalue weighted by Crippen LogP contribution is 2.15. The lowest BCUT2D eigenvalue weighted by atomic mass is 10.1. The molecule has 0 aliphatic rings. The van der Waals surface area contributed by atoms with Crippen molar-refractivity contribution in [2.75, 3.05) is 33.0 Å². The first-order valence-corrected chi connectivity index (χ1v) is 30.8. The van der Waals surface area contributed by atoms with Crippen LogP contribution in [0.25, 0.3) is 0 Å². The van der Waals surface area contributed by atoms with Gasteiger partial charge in [-0.25, -0.2) is 0 Å². The van der Waals surface area contributed by atoms with E-state index in [4.69, 9.17) is 39.7 Å². The molecule has 74 heavy (non-hydrogen) atoms. The van der Waals surface area contributed by atoms with E-state index >= 15 is 0 Å². The second-order valence-corrected chi connectivity index (χ2v) is 20.5. The predicted octanol–water partition coefficient (Wildman–Crippen LogP) is 15.8. The summed E-state index contributed by atoms with van der Waals surface area (Å²) >= 11 is 0. The number of rotatable bonds is 53. The van der Waals surface area contributed by atoms with E-state index in [0.29, 0.717) is 19.3 Å². The van der Waals surface area contributed by atoms with Crippen LogP contribution in [0.2, 0.25) is 0 Å². The quantitative estimate of drug-likeness (QED) is 0.0169. The fourth-order valence-electron chi connectivity index (χ4n) is 7.96. The second-order valence-electron chi connectivity index (χ2n) is 20.5. The molecule has 1 unspecified atom stereocenters. The van der Waals surface area contributed by atoms with Crippen LogP contribution >= 0.6 is 0 Å². The number of hydrogen-bond acceptors (Lipinski definition) is 11. The minimum absolute atomic E-state index is 0.0806. The fourth-order valence-corrected chi connectivity index (χ4v) is 7.96. The van der Waals surface area contributed by atoms with Crippen molar-refractivity contribution in [2.45, 2.75) is 316 Å². The summed E-state index contributed by atoms with van der Waals surface area (Å²) in [6, 6.07) is 0. The van der Waals surface area contributed by atoms with E-state index in [1.54, 1.807) is 0 Å². The first-order chi connectivity index (χ1) is 36.1. The molecule has 0 aromatic heterocycles. The van der Waals surface area contributed by atoms with Gasteiger partial charge in [0.1, 0.15) is 19.3 Å². The third kappa shape index (κ3) is 69.4. The minimum atomic E-state index is -0.954. The molecule has 0 saturated carbocycles. The first kappa shape index (κ1) is 75.7. The molecule has 1 atom stereocenters. The van der Waals surface area contributed by atoms with Crippen molar-refractivity contribution in [1.82, 2.24) is 0 Å². The standard InChI is InChI=1S/C57H104O6.C3H8O3.C3H8O2/c1-4-7-10-13-16-19-22-25-28-31-34-37-40-43-46-49-55(58)61-52-54(63-57(60)51-48-45-42-39-36-33-30-27-24-21-18-15-12-9-6-3)53-62-56(59)50-47-44-41-38-35-32-29-26-23-20-17-14-11-8-5-2;4-1-3(6)2-5;1-3(5)2-4/h25-30,54H,4-24,31-53H2,1-3H3;3-6H,1-2H2;3-5H,2H2,1H3/b28-25-,29-26-,30-27-;;. The highest BCUT2D eigenvalue weighted by molar-refractivity contribution is 5.71. The number of esters is 3. The zero-order valence-electron chi connectivity index (χ0n) is 48.6. The molecule has 0 spiro atoms. The maximum Gasteiger partial charge on any atom is 0.306 e. The monoisotopic (exact) mass is 1050 g/mol. The Balaban J connectivity index is -0.00000410. The number of aliphatic hydroxyl groups is 5. The molecule has 0 aliphatic carbocycles. The van der Waals surface area contributed by atoms with Crippen LogP contribution < -0.4 is 0 Å². The highest BCUT2D eigenvalue weighted by Gasteiger charge is 2.19. The minimum Gasteiger partial charge on any atom is -0.462 e. The molecule has 0 fully saturated rings. The Labute approximate surface area is 455 Å². The lowest BCUT2D eigenvalue weighted by molar-refractivity contribution is -0.167. The molecule has 11 heteroatoms. The Bertz CT molecular complexity index is 1160. The summed E-state index contributed by atoms with van der Waals surface area (Å²) < 4.78 is 16.8. The number of hydrogen-bond donors (Lipinski definition) is 5. The second kappa shape index (κ2) is 66.5. The Morgan fingerprint density at radius 3 is 0.811 bits per heavy atom. The van der Waals surface area contributed by atoms with Gasteiger partial charge in [-0.1, -0.05) is 211 Å². The van der Waals surface area contributed by atoms with Crippen molar-refractivity contribution >= 4 is 17.9 Å². The van der Waals surface area contributed by atoms with Crippen LogP contribution in [0.3, 0.4) is 0 Å². The van der Waals surface area contributed by atoms with Crippen LogP contribution in [-0.2, 0) is 28.6 Å². The molecule has 0 bridgehead atoms. The Morgan fingerprint density at radius 1 is 0.351 bits per heavy atom. The van der Waals surface area contributed by atoms with E-state index in [1.807, 2.05) is 0 Å². The van der Waals surface area contributed by atoms with Gasteiger partial charge in [-0.15, -0.1) is 0 Å². The smallest absolute Gasteiger partial charge is 0.306 e. The van der Waals surface area contributed by atoms with E-state index < -0.39 is 18.3 Å². The van der Waals surface area contributed by atoms with E-state index in [9.17, 15) is 14.4 Å². The lowest BCUT2D eigenvalue weighted by Gasteiger charge is -2.18. The van der Waals surface area contributed by atoms with Crippen molar-refractivity contribution < 1.29 is 54.1 Å². The van der Waals surface area contributed by atoms with Crippen molar-refractivity contribution in [3.63, 3.8) is 0 Å². The van der Waals surface area contributed by atoms with Gasteiger partial charge in [0.15, 0.2) is 6.10 Å². The van der Waals surface area contributed by atoms with Crippen LogP contribution in [0.1, 0.15) is 297 Å². The zero-order valence-corrected chi connectivity index (χ0v) is 48.6. The van der Waals surface area contributed by atoms with E-state index in [1.165, 1.54) is 180 Å². The number of ether oxygens (including phenoxy) is 3. The molecule has 0 saturated heterocycles. The average molecular weight is 1050 g/mol. The van der Waals surface area contributed by atoms with Gasteiger partial charge in [0, 0.05) is 19.3 Å². The topological polar surface area (TPSA) is 180 Å². The molecule has 0 aliphatic heterocycles. The van der Waals surface area contributed by atoms with Crippen LogP contribution in [0, 0.1) is 0 Å². The number of allylic oxidation sites excluding steroid dienone is 6. The molecule has 0 aromatic rings. The lowest BCUT2D eigenvalue weighted by Crippen LogP contribution is -2.30. The van der Waals surface area contributed by atoms with Crippen LogP contribution in [0.15, 0.2) is 36.5 Å². The largest absolute Gasteiger partial charge is 0.462 e. The van der Waals surface area contributed by atoms with Gasteiger partial charge < -0.3 is 39.7 Å². The summed E-state index contributed by atoms with van der Waals surface area (Å²) in [6.07, 6.45) is 59.7. The van der Waals surface area contributed by atoms with Gasteiger partial charge in [-0.2, -0.15) is 0 Å². The molecular formula is C63H120O11. The maximum atomic E-state index is 12.8. The molecule has 0 radical (unpaired) electrons. The predicted molar refractivity (Wildman–Crippen MR) is 309 cm³/mol. The number of carbonyl (C=O) groups is 3. The number of carbonyl (C=O) groups excluding carboxylic acids is 3. The fraction of sp³-hybridized carbons (Fsp3) is 0.857. The van der Waals surface area contributed by atoms with E-state index in [0.717, 1.165) is 77.0 Å². The summed E-state index contributed by atoms with van der Waals surface area (Å²) in [5, 5.41) is 40.0. The van der Waals surface area contributed by atoms with E-state index in [-0.39, 0.29) is 50.9 Å². The molecule has 11 nitrogen and oxygen atoms in total. The van der Waals surface area contributed by atoms with Gasteiger partial charge in [0.25, 0.3) is 0 Å². The summed E-state index contributed by atoms with van der Waals surface area (Å²) in [5.41, 5.74) is 0. The SMILES string of the molecule is CC(O)CO.CCCCCCCC/C=C\CCCCCCCC(=O)OCC(COC(=O)CCCCCCC/C=C\CCCCCCCC)OC(=O)CCCCCCC/C=C\CCCCCCCC.OCC(O)CO. The highest BCUT2D eigenvalue weighted by atomic mass is 16.6. The number of unbranched alkanes of at least 4 members (excludes halogenated alkanes) is 33. The number of aliphatic hydroxyl groups excluding tert-OH is 5. The maximum absolute atomic E-state index is 12.8. The first-order valence-electron chi connectivity index (χ1n) is 30.8. The van der Waals surface area contributed by atoms with Gasteiger partial charge in [0.05, 0.1) is 25.9 Å². The van der Waals surface area contributed by atoms with E-state index in [2.05, 4.69) is 57.2 Å². The van der Waals surface area contributed by atoms with Crippen LogP contribution in [0.5, 0.6) is 0 Å². The summed E-state index contributed by atoms with van der Waals surface area (Å²) in [4.78, 5) is 38.0. The average Bonchev–Trinajstić information content (AvgIpc) is 3.40. The van der Waals surface area contributed by atoms with Crippen LogP contribution in [-0.4, -0.2) is 94.8 Å². The van der Waals surface area contributed by atoms with Gasteiger partial charge in [-0.3, -0.25) is 14.4 Å². The molecular weight excluding hydrogens is 933 g/mol. The van der Waals surface area contributed by atoms with Gasteiger partial charge >= 0.3 is 17.9 Å². The van der Waals surface area contributed by atoms with Crippen LogP contribution in [0.4, 0.5) is 0 Å². The zero-order chi connectivity index (χ0) is 55.1. The Morgan fingerprint density at radius 2 is 0.581 bits per heavy atom. The van der Waals surface area contributed by atoms with Gasteiger partial charge in [0.2, 0.25) is 0 Å². The van der Waals surface area contributed by atoms with Crippen molar-refractivity contribution in [1.29, 1.82) is 0 Å². The van der Waals surface area contributed by atoms with Crippen molar-refractivity contribution in [3.8, 4) is 0 Å². The van der Waals surface area contributed by atoms with Crippen molar-refractivity contribution in [2.24, 2.45) is 0 Å². The summed E-state index contributed by atoms with van der Waals surface area (Å²) in [6.45, 7) is 7.29. The molecule has 438 valence electrons. The molecule has 5 N–H and O–H groups in total. The molecule has 0 aromatic carbocycles. The normalized spacial score (nSPS) is 11.9. The Hall–Kier alpha value is -2.57.